The molecule has 15 atom stereocenters. The van der Waals surface area contributed by atoms with E-state index in [-0.39, 0.29) is 80.5 Å². The number of carbonyl (C=O) groups is 5. The topological polar surface area (TPSA) is 216 Å². The largest absolute Gasteiger partial charge is 0.460 e. The van der Waals surface area contributed by atoms with Gasteiger partial charge in [0, 0.05) is 51.4 Å². The summed E-state index contributed by atoms with van der Waals surface area (Å²) < 4.78 is 30.1. The van der Waals surface area contributed by atoms with Crippen LogP contribution in [0, 0.1) is 41.4 Å². The lowest BCUT2D eigenvalue weighted by Gasteiger charge is -2.40. The number of fused-ring (bicyclic) bond motifs is 3. The van der Waals surface area contributed by atoms with Gasteiger partial charge in [-0.05, 0) is 107 Å². The monoisotopic (exact) mass is 958 g/mol. The van der Waals surface area contributed by atoms with Crippen LogP contribution in [-0.2, 0) is 47.7 Å². The van der Waals surface area contributed by atoms with Gasteiger partial charge in [0.1, 0.15) is 23.7 Å². The predicted molar refractivity (Wildman–Crippen MR) is 256 cm³/mol. The van der Waals surface area contributed by atoms with Gasteiger partial charge < -0.3 is 49.0 Å². The van der Waals surface area contributed by atoms with Crippen LogP contribution in [-0.4, -0.2) is 144 Å². The SMILES string of the molecule is CO[C@H]1C[C@@H]2CC[C@@H](C)C(=O)C(O)(O2)C(=O)N2CCCC[C@H]2C(=O)O[C@H]([C@H](C)C[C@@H]2CC[C@@H](OCCO)[C@H](OC)C2)CC(=O)[C@H](C)/C=C(\C)[C@@H](O)[C@@H](CO)C(=O)[C@H](C)C[C@H](C)/C=C/C=C/C=C/1C. The highest BCUT2D eigenvalue weighted by Gasteiger charge is 2.55. The first-order valence-electron chi connectivity index (χ1n) is 25.1. The van der Waals surface area contributed by atoms with Crippen molar-refractivity contribution in [2.24, 2.45) is 41.4 Å². The second kappa shape index (κ2) is 27.3. The van der Waals surface area contributed by atoms with E-state index in [2.05, 4.69) is 0 Å². The van der Waals surface area contributed by atoms with Crippen LogP contribution < -0.4 is 0 Å². The van der Waals surface area contributed by atoms with Gasteiger partial charge >= 0.3 is 11.8 Å². The van der Waals surface area contributed by atoms with E-state index in [1.807, 2.05) is 51.2 Å². The Morgan fingerprint density at radius 3 is 2.26 bits per heavy atom. The number of aliphatic hydroxyl groups excluding tert-OH is 3. The van der Waals surface area contributed by atoms with Crippen molar-refractivity contribution in [3.63, 3.8) is 0 Å². The van der Waals surface area contributed by atoms with Gasteiger partial charge in [-0.1, -0.05) is 71.1 Å². The molecule has 4 rings (SSSR count). The fourth-order valence-electron chi connectivity index (χ4n) is 10.6. The van der Waals surface area contributed by atoms with E-state index >= 15 is 0 Å². The molecule has 2 bridgehead atoms. The van der Waals surface area contributed by atoms with E-state index < -0.39 is 84.2 Å². The third-order valence-corrected chi connectivity index (χ3v) is 14.9. The number of cyclic esters (lactones) is 1. The Bertz CT molecular complexity index is 1810. The Morgan fingerprint density at radius 1 is 0.853 bits per heavy atom. The first kappa shape index (κ1) is 57.2. The lowest BCUT2D eigenvalue weighted by atomic mass is 9.78. The van der Waals surface area contributed by atoms with Crippen LogP contribution in [0.3, 0.4) is 0 Å². The number of nitrogens with zero attached hydrogens (tertiary/aromatic N) is 1. The van der Waals surface area contributed by atoms with Crippen LogP contribution in [0.5, 0.6) is 0 Å². The molecule has 0 spiro atoms. The molecule has 3 aliphatic heterocycles. The summed E-state index contributed by atoms with van der Waals surface area (Å²) in [5.74, 6) is -9.32. The zero-order valence-corrected chi connectivity index (χ0v) is 42.2. The molecule has 3 fully saturated rings. The Labute approximate surface area is 404 Å². The van der Waals surface area contributed by atoms with Crippen LogP contribution in [0.4, 0.5) is 0 Å². The van der Waals surface area contributed by atoms with Crippen molar-refractivity contribution >= 4 is 29.2 Å². The number of aliphatic hydroxyl groups is 4. The standard InChI is InChI=1S/C53H83NO14/c1-32-15-11-10-12-16-33(2)45(64-8)29-40-20-18-34(3)50(60)53(63,68-40)52(62)54-22-14-13-17-42(54)51(61)67-46(36(5)27-39-19-21-44(66-24-23-55)47(28-39)65-9)30-43(57)35(4)26-38(7)49(59)41(31-56)48(58)37(6)25-32/h10-12,15-16,26,32,34-37,39-42,44-47,49,55-56,59,63H,13-14,17-25,27-31H2,1-9H3/b12-10+,15-11+,33-16+,38-26+/t32-,34-,35-,36-,37-,39+,40+,41+,42+,44-,45+,46+,47-,49-,53?/m1/s1. The van der Waals surface area contributed by atoms with E-state index in [1.165, 1.54) is 4.90 Å². The summed E-state index contributed by atoms with van der Waals surface area (Å²) in [5, 5.41) is 43.4. The highest BCUT2D eigenvalue weighted by molar-refractivity contribution is 6.09. The summed E-state index contributed by atoms with van der Waals surface area (Å²) in [6, 6.07) is -1.17. The number of piperidine rings is 1. The van der Waals surface area contributed by atoms with E-state index in [1.54, 1.807) is 48.0 Å². The number of ether oxygens (including phenoxy) is 5. The zero-order chi connectivity index (χ0) is 50.3. The second-order valence-electron chi connectivity index (χ2n) is 20.3. The maximum absolute atomic E-state index is 14.7. The third kappa shape index (κ3) is 15.3. The average Bonchev–Trinajstić information content (AvgIpc) is 3.43. The van der Waals surface area contributed by atoms with Gasteiger partial charge in [0.15, 0.2) is 0 Å². The number of hydrogen-bond acceptors (Lipinski definition) is 14. The Kier molecular flexibility index (Phi) is 22.9. The van der Waals surface area contributed by atoms with E-state index in [9.17, 15) is 44.4 Å². The van der Waals surface area contributed by atoms with Crippen LogP contribution in [0.1, 0.15) is 126 Å². The van der Waals surface area contributed by atoms with Crippen LogP contribution >= 0.6 is 0 Å². The molecule has 1 amide bonds. The van der Waals surface area contributed by atoms with E-state index in [0.717, 1.165) is 12.0 Å². The molecule has 4 aliphatic rings. The fraction of sp³-hybridized carbons (Fsp3) is 0.755. The van der Waals surface area contributed by atoms with Crippen molar-refractivity contribution in [2.45, 2.75) is 174 Å². The van der Waals surface area contributed by atoms with Gasteiger partial charge in [-0.25, -0.2) is 4.79 Å². The minimum absolute atomic E-state index is 0.0149. The molecule has 0 radical (unpaired) electrons. The van der Waals surface area contributed by atoms with Crippen molar-refractivity contribution in [3.8, 4) is 0 Å². The Balaban J connectivity index is 1.73. The molecular formula is C53H83NO14. The highest BCUT2D eigenvalue weighted by atomic mass is 16.6. The Morgan fingerprint density at radius 2 is 1.59 bits per heavy atom. The molecular weight excluding hydrogens is 875 g/mol. The number of ketones is 3. The lowest BCUT2D eigenvalue weighted by Crippen LogP contribution is -2.62. The normalized spacial score (nSPS) is 39.2. The zero-order valence-electron chi connectivity index (χ0n) is 42.2. The van der Waals surface area contributed by atoms with E-state index in [0.29, 0.717) is 56.9 Å². The van der Waals surface area contributed by atoms with Crippen LogP contribution in [0.2, 0.25) is 0 Å². The van der Waals surface area contributed by atoms with Gasteiger partial charge in [-0.3, -0.25) is 19.2 Å². The lowest BCUT2D eigenvalue weighted by molar-refractivity contribution is -0.231. The molecule has 68 heavy (non-hydrogen) atoms. The third-order valence-electron chi connectivity index (χ3n) is 14.9. The molecule has 1 unspecified atom stereocenters. The van der Waals surface area contributed by atoms with Gasteiger partial charge in [-0.2, -0.15) is 0 Å². The van der Waals surface area contributed by atoms with Crippen molar-refractivity contribution in [1.29, 1.82) is 0 Å². The quantitative estimate of drug-likeness (QED) is 0.122. The molecule has 2 saturated heterocycles. The smallest absolute Gasteiger partial charge is 0.329 e. The minimum Gasteiger partial charge on any atom is -0.460 e. The summed E-state index contributed by atoms with van der Waals surface area (Å²) in [7, 11) is 3.18. The number of amides is 1. The maximum Gasteiger partial charge on any atom is 0.329 e. The number of hydrogen-bond donors (Lipinski definition) is 4. The van der Waals surface area contributed by atoms with Gasteiger partial charge in [-0.15, -0.1) is 0 Å². The number of Topliss-reactive ketones (excluding diaryl/α,β-unsaturated/α-hetero) is 3. The molecule has 1 saturated carbocycles. The number of esters is 1. The van der Waals surface area contributed by atoms with Gasteiger partial charge in [0.05, 0.1) is 56.3 Å². The average molecular weight is 958 g/mol. The number of rotatable bonds is 9. The molecule has 0 aromatic carbocycles. The first-order chi connectivity index (χ1) is 32.3. The fourth-order valence-corrected chi connectivity index (χ4v) is 10.6. The van der Waals surface area contributed by atoms with Gasteiger partial charge in [0.25, 0.3) is 5.91 Å². The molecule has 4 N–H and O–H groups in total. The first-order valence-corrected chi connectivity index (χ1v) is 25.1. The van der Waals surface area contributed by atoms with E-state index in [4.69, 9.17) is 23.7 Å². The molecule has 0 aromatic rings. The van der Waals surface area contributed by atoms with Crippen molar-refractivity contribution in [2.75, 3.05) is 40.6 Å². The minimum atomic E-state index is -2.86. The number of carbonyl (C=O) groups excluding carboxylic acids is 5. The molecule has 0 aromatic heterocycles. The molecule has 3 heterocycles. The summed E-state index contributed by atoms with van der Waals surface area (Å²) in [4.78, 5) is 72.4. The van der Waals surface area contributed by atoms with Crippen molar-refractivity contribution in [3.05, 3.63) is 47.6 Å². The Hall–Kier alpha value is -3.41. The molecule has 1 aliphatic carbocycles. The predicted octanol–water partition coefficient (Wildman–Crippen LogP) is 5.79. The molecule has 384 valence electrons. The highest BCUT2D eigenvalue weighted by Crippen LogP contribution is 2.37. The molecule has 15 nitrogen and oxygen atoms in total. The number of allylic oxidation sites excluding steroid dienone is 6. The molecule has 15 heteroatoms. The number of methoxy groups -OCH3 is 2. The van der Waals surface area contributed by atoms with Crippen molar-refractivity contribution in [1.82, 2.24) is 4.90 Å². The van der Waals surface area contributed by atoms with Crippen LogP contribution in [0.25, 0.3) is 0 Å². The van der Waals surface area contributed by atoms with Gasteiger partial charge in [0.2, 0.25) is 5.78 Å². The summed E-state index contributed by atoms with van der Waals surface area (Å²) in [5.41, 5.74) is 1.19. The summed E-state index contributed by atoms with van der Waals surface area (Å²) in [6.45, 7) is 12.1. The van der Waals surface area contributed by atoms with Crippen LogP contribution in [0.15, 0.2) is 47.6 Å². The second-order valence-corrected chi connectivity index (χ2v) is 20.3. The summed E-state index contributed by atoms with van der Waals surface area (Å²) >= 11 is 0. The maximum atomic E-state index is 14.7. The van der Waals surface area contributed by atoms with Crippen molar-refractivity contribution < 1.29 is 68.1 Å². The summed E-state index contributed by atoms with van der Waals surface area (Å²) in [6.07, 6.45) is 12.3.